The summed E-state index contributed by atoms with van der Waals surface area (Å²) in [5.74, 6) is -0.692. The van der Waals surface area contributed by atoms with E-state index < -0.39 is 56.4 Å². The molecular weight excluding hydrogens is 1170 g/mol. The molecule has 2 saturated heterocycles. The van der Waals surface area contributed by atoms with E-state index in [1.807, 2.05) is 24.8 Å². The minimum atomic E-state index is -4.51. The maximum absolute atomic E-state index is 14.8. The van der Waals surface area contributed by atoms with E-state index in [4.69, 9.17) is 0 Å². The highest BCUT2D eigenvalue weighted by Gasteiger charge is 2.43. The number of carbonyl (C=O) groups is 5. The summed E-state index contributed by atoms with van der Waals surface area (Å²) in [5.41, 5.74) is 3.45. The molecule has 5 aromatic carbocycles. The maximum atomic E-state index is 14.8. The average molecular weight is 1240 g/mol. The average Bonchev–Trinajstić information content (AvgIpc) is 2.00. The van der Waals surface area contributed by atoms with Gasteiger partial charge in [-0.25, -0.2) is 26.3 Å². The Bertz CT molecular complexity index is 3850. The number of nitrogens with one attached hydrogen (secondary N) is 5. The van der Waals surface area contributed by atoms with Crippen LogP contribution in [0.4, 0.5) is 4.79 Å². The molecule has 0 aliphatic carbocycles. The van der Waals surface area contributed by atoms with Crippen LogP contribution in [-0.2, 0) is 53.6 Å². The fourth-order valence-electron chi connectivity index (χ4n) is 11.3. The highest BCUT2D eigenvalue weighted by molar-refractivity contribution is 8.00. The van der Waals surface area contributed by atoms with E-state index in [1.54, 1.807) is 78.9 Å². The molecule has 4 aliphatic heterocycles. The van der Waals surface area contributed by atoms with Crippen molar-refractivity contribution in [3.63, 3.8) is 0 Å². The number of unbranched alkanes of at least 4 members (excludes halogenated alkanes) is 3. The number of aromatic hydroxyl groups is 1. The van der Waals surface area contributed by atoms with Crippen molar-refractivity contribution in [2.75, 3.05) is 25.4 Å². The molecule has 0 saturated carbocycles. The molecule has 7 aromatic rings. The third kappa shape index (κ3) is 15.2. The number of para-hydroxylation sites is 1. The van der Waals surface area contributed by atoms with Crippen molar-refractivity contribution in [1.82, 2.24) is 50.9 Å². The van der Waals surface area contributed by atoms with Crippen LogP contribution in [-0.4, -0.2) is 136 Å². The lowest BCUT2D eigenvalue weighted by atomic mass is 9.99. The minimum Gasteiger partial charge on any atom is -0.508 e. The van der Waals surface area contributed by atoms with Crippen LogP contribution in [0.1, 0.15) is 109 Å². The molecule has 456 valence electrons. The largest absolute Gasteiger partial charge is 0.508 e. The number of amides is 5. The number of rotatable bonds is 25. The predicted octanol–water partition coefficient (Wildman–Crippen LogP) is 6.29. The Morgan fingerprint density at radius 1 is 0.770 bits per heavy atom. The summed E-state index contributed by atoms with van der Waals surface area (Å²) >= 11 is 1.85. The number of aromatic nitrogens is 4. The number of phenols is 1. The Morgan fingerprint density at radius 3 is 2.28 bits per heavy atom. The van der Waals surface area contributed by atoms with Crippen molar-refractivity contribution in [3.05, 3.63) is 173 Å². The lowest BCUT2D eigenvalue weighted by Crippen LogP contribution is -2.47. The van der Waals surface area contributed by atoms with Gasteiger partial charge in [-0.15, -0.1) is 5.10 Å². The summed E-state index contributed by atoms with van der Waals surface area (Å²) in [6.45, 7) is 1.50. The van der Waals surface area contributed by atoms with Gasteiger partial charge in [-0.3, -0.25) is 24.2 Å². The van der Waals surface area contributed by atoms with Crippen LogP contribution < -0.4 is 26.6 Å². The van der Waals surface area contributed by atoms with Gasteiger partial charge in [0.2, 0.25) is 37.6 Å². The monoisotopic (exact) mass is 1240 g/mol. The number of sulfonamides is 1. The number of aliphatic hydroxyl groups excluding tert-OH is 1. The summed E-state index contributed by atoms with van der Waals surface area (Å²) in [7, 11) is -8.76. The van der Waals surface area contributed by atoms with Crippen molar-refractivity contribution in [1.29, 1.82) is 0 Å². The van der Waals surface area contributed by atoms with E-state index in [2.05, 4.69) is 41.9 Å². The molecule has 2 unspecified atom stereocenters. The zero-order chi connectivity index (χ0) is 61.2. The molecule has 2 aromatic heterocycles. The van der Waals surface area contributed by atoms with Crippen LogP contribution in [0.3, 0.4) is 0 Å². The lowest BCUT2D eigenvalue weighted by molar-refractivity contribution is -0.129. The third-order valence-corrected chi connectivity index (χ3v) is 21.3. The number of nitrogens with zero attached hydrogens (tertiary/aromatic N) is 5. The van der Waals surface area contributed by atoms with Crippen LogP contribution in [0.2, 0.25) is 0 Å². The molecule has 6 heterocycles. The summed E-state index contributed by atoms with van der Waals surface area (Å²) in [6.07, 6.45) is 6.62. The minimum absolute atomic E-state index is 0.00629. The van der Waals surface area contributed by atoms with Gasteiger partial charge in [-0.1, -0.05) is 110 Å². The van der Waals surface area contributed by atoms with E-state index in [0.717, 1.165) is 35.4 Å². The van der Waals surface area contributed by atoms with Crippen molar-refractivity contribution < 1.29 is 51.0 Å². The topological polar surface area (TPSA) is 301 Å². The smallest absolute Gasteiger partial charge is 0.315 e. The van der Waals surface area contributed by atoms with Crippen LogP contribution >= 0.6 is 11.8 Å². The number of hydrogen-bond donors (Lipinski definition) is 7. The molecule has 87 heavy (non-hydrogen) atoms. The molecule has 24 heteroatoms. The highest BCUT2D eigenvalue weighted by Crippen LogP contribution is 2.35. The molecule has 7 N–H and O–H groups in total. The van der Waals surface area contributed by atoms with Crippen molar-refractivity contribution in [3.8, 4) is 5.75 Å². The molecule has 11 rings (SSSR count). The Labute approximate surface area is 509 Å². The van der Waals surface area contributed by atoms with E-state index in [-0.39, 0.29) is 99.7 Å². The molecule has 6 bridgehead atoms. The molecule has 7 atom stereocenters. The van der Waals surface area contributed by atoms with Gasteiger partial charge in [-0.05, 0) is 97.2 Å². The standard InChI is InChI=1S/C63H70N10O11S3/c1-40-36-72(87(83,84)50-16-11-15-49(33-50)86(81,82)56-18-10-14-45-32-46(40)34-65-59(45)56)38-54(75)53(31-42-23-27-48(74)28-24-42)73-37-47(70-71-73)35-66-62(79)51(30-41-21-25-44(26-22-41)61(78)43-12-4-2-5-13-43)67-58(77)20-6-3-9-29-64-57(76)19-8-7-17-55-60-52(39-85-55)68-63(80)69-60/h2,4-5,10-16,18,21-28,32-34,37,40,51-55,60,74-75H,3,6-9,17,19-20,29-31,35-36,38-39H2,1H3,(H,64,76)(H,66,79)(H,67,77)(H2,68,69,80)/t40?,51-,52-,53-,54?,55-,60-/m0/s1. The molecule has 4 aliphatic rings. The van der Waals surface area contributed by atoms with Gasteiger partial charge in [-0.2, -0.15) is 16.1 Å². The first kappa shape index (κ1) is 62.0. The normalized spacial score (nSPS) is 19.5. The number of sulfone groups is 1. The van der Waals surface area contributed by atoms with E-state index >= 15 is 0 Å². The molecule has 5 amide bonds. The second-order valence-electron chi connectivity index (χ2n) is 22.5. The fraction of sp³-hybridized carbons (Fsp3) is 0.365. The molecule has 0 spiro atoms. The second-order valence-corrected chi connectivity index (χ2v) is 27.6. The summed E-state index contributed by atoms with van der Waals surface area (Å²) < 4.78 is 60.5. The van der Waals surface area contributed by atoms with Crippen molar-refractivity contribution in [2.45, 2.75) is 134 Å². The van der Waals surface area contributed by atoms with Crippen LogP contribution in [0.5, 0.6) is 5.75 Å². The molecule has 2 fully saturated rings. The molecular formula is C63H70N10O11S3. The van der Waals surface area contributed by atoms with E-state index in [9.17, 15) is 51.0 Å². The summed E-state index contributed by atoms with van der Waals surface area (Å²) in [5, 5.41) is 46.8. The molecule has 0 radical (unpaired) electrons. The van der Waals surface area contributed by atoms with Gasteiger partial charge in [0.1, 0.15) is 17.5 Å². The number of urea groups is 1. The van der Waals surface area contributed by atoms with Gasteiger partial charge in [0, 0.05) is 72.6 Å². The van der Waals surface area contributed by atoms with Gasteiger partial charge >= 0.3 is 6.03 Å². The first-order valence-corrected chi connectivity index (χ1v) is 33.2. The quantitative estimate of drug-likeness (QED) is 0.0188. The van der Waals surface area contributed by atoms with Crippen LogP contribution in [0.15, 0.2) is 154 Å². The van der Waals surface area contributed by atoms with Gasteiger partial charge < -0.3 is 36.8 Å². The summed E-state index contributed by atoms with van der Waals surface area (Å²) in [6, 6.07) is 31.8. The van der Waals surface area contributed by atoms with Gasteiger partial charge in [0.15, 0.2) is 5.78 Å². The number of pyridine rings is 1. The lowest BCUT2D eigenvalue weighted by Gasteiger charge is -2.31. The number of hydrogen-bond acceptors (Lipinski definition) is 15. The Hall–Kier alpha value is -8.03. The SMILES string of the molecule is CC1CN(CC(O)[C@H](Cc2ccc(O)cc2)n2cc(CNC(=O)[C@H](Cc3ccc(C(=O)c4ccccc4)cc3)NC(=O)CCCCCNC(=O)CCCC[C@@H]3SC[C@@H]4NC(=O)N[C@@H]43)nn2)S(=O)(=O)c2cccc(c2)S(=O)(=O)c2cccc3cc1cnc23. The van der Waals surface area contributed by atoms with Crippen molar-refractivity contribution >= 4 is 72.1 Å². The number of phenolic OH excluding ortho intramolecular Hbond substituents is 1. The summed E-state index contributed by atoms with van der Waals surface area (Å²) in [4.78, 5) is 69.3. The predicted molar refractivity (Wildman–Crippen MR) is 327 cm³/mol. The van der Waals surface area contributed by atoms with Gasteiger partial charge in [0.05, 0.1) is 57.2 Å². The first-order valence-electron chi connectivity index (χ1n) is 29.2. The third-order valence-electron chi connectivity index (χ3n) is 16.2. The Kier molecular flexibility index (Phi) is 19.8. The number of benzene rings is 5. The number of thioether (sulfide) groups is 1. The molecule has 21 nitrogen and oxygen atoms in total. The Morgan fingerprint density at radius 2 is 1.48 bits per heavy atom. The zero-order valence-electron chi connectivity index (χ0n) is 48.0. The van der Waals surface area contributed by atoms with Crippen molar-refractivity contribution in [2.24, 2.45) is 0 Å². The van der Waals surface area contributed by atoms with Crippen LogP contribution in [0.25, 0.3) is 10.9 Å². The van der Waals surface area contributed by atoms with E-state index in [1.165, 1.54) is 53.5 Å². The van der Waals surface area contributed by atoms with Crippen LogP contribution in [0, 0.1) is 0 Å². The Balaban J connectivity index is 0.798. The number of fused-ring (bicyclic) bond motifs is 5. The van der Waals surface area contributed by atoms with Gasteiger partial charge in [0.25, 0.3) is 0 Å². The fourth-order valence-corrected chi connectivity index (χ4v) is 16.0. The first-order chi connectivity index (χ1) is 41.9. The number of aliphatic hydroxyl groups is 1. The second kappa shape index (κ2) is 27.8. The maximum Gasteiger partial charge on any atom is 0.315 e. The van der Waals surface area contributed by atoms with E-state index in [0.29, 0.717) is 70.7 Å². The number of carbonyl (C=O) groups excluding carboxylic acids is 5. The number of ketones is 1. The zero-order valence-corrected chi connectivity index (χ0v) is 50.4. The highest BCUT2D eigenvalue weighted by atomic mass is 32.2.